The zero-order chi connectivity index (χ0) is 12.3. The van der Waals surface area contributed by atoms with Crippen LogP contribution in [0.25, 0.3) is 0 Å². The average Bonchev–Trinajstić information content (AvgIpc) is 2.78. The Hall–Kier alpha value is -1.14. The molecule has 0 bridgehead atoms. The minimum absolute atomic E-state index is 0.270. The third-order valence-electron chi connectivity index (χ3n) is 3.38. The van der Waals surface area contributed by atoms with Crippen LogP contribution >= 0.6 is 0 Å². The van der Waals surface area contributed by atoms with Crippen molar-refractivity contribution < 1.29 is 19.4 Å². The van der Waals surface area contributed by atoms with Gasteiger partial charge in [0, 0.05) is 32.2 Å². The summed E-state index contributed by atoms with van der Waals surface area (Å²) < 4.78 is 5.29. The Labute approximate surface area is 100 Å². The SMILES string of the molecule is O=C(O)CC(=O)N1CCC(N2CCOCC2)C1. The molecule has 0 aromatic rings. The summed E-state index contributed by atoms with van der Waals surface area (Å²) in [5.74, 6) is -1.32. The Morgan fingerprint density at radius 1 is 1.24 bits per heavy atom. The molecule has 1 atom stereocenters. The number of carbonyl (C=O) groups excluding carboxylic acids is 1. The molecule has 6 nitrogen and oxygen atoms in total. The minimum atomic E-state index is -1.05. The van der Waals surface area contributed by atoms with Crippen LogP contribution in [0.5, 0.6) is 0 Å². The number of likely N-dealkylation sites (tertiary alicyclic amines) is 1. The van der Waals surface area contributed by atoms with Crippen molar-refractivity contribution in [2.45, 2.75) is 18.9 Å². The standard InChI is InChI=1S/C11H18N2O4/c14-10(7-11(15)16)13-2-1-9(8-13)12-3-5-17-6-4-12/h9H,1-8H2,(H,15,16). The third-order valence-corrected chi connectivity index (χ3v) is 3.38. The van der Waals surface area contributed by atoms with Crippen molar-refractivity contribution in [2.24, 2.45) is 0 Å². The van der Waals surface area contributed by atoms with Gasteiger partial charge in [0.15, 0.2) is 0 Å². The van der Waals surface area contributed by atoms with E-state index in [2.05, 4.69) is 4.90 Å². The number of aliphatic carboxylic acids is 1. The molecule has 2 rings (SSSR count). The van der Waals surface area contributed by atoms with Crippen LogP contribution in [-0.4, -0.2) is 72.2 Å². The first-order valence-corrected chi connectivity index (χ1v) is 5.98. The Balaban J connectivity index is 1.82. The molecule has 0 aromatic carbocycles. The molecule has 2 heterocycles. The largest absolute Gasteiger partial charge is 0.481 e. The molecular weight excluding hydrogens is 224 g/mol. The van der Waals surface area contributed by atoms with Gasteiger partial charge in [-0.05, 0) is 6.42 Å². The minimum Gasteiger partial charge on any atom is -0.481 e. The van der Waals surface area contributed by atoms with Crippen LogP contribution in [0.1, 0.15) is 12.8 Å². The predicted octanol–water partition coefficient (Wildman–Crippen LogP) is -0.606. The number of morpholine rings is 1. The molecule has 0 saturated carbocycles. The fourth-order valence-electron chi connectivity index (χ4n) is 2.45. The van der Waals surface area contributed by atoms with Crippen LogP contribution in [0, 0.1) is 0 Å². The van der Waals surface area contributed by atoms with Crippen LogP contribution in [0.15, 0.2) is 0 Å². The number of amides is 1. The van der Waals surface area contributed by atoms with Gasteiger partial charge in [-0.25, -0.2) is 0 Å². The van der Waals surface area contributed by atoms with E-state index in [4.69, 9.17) is 9.84 Å². The number of carbonyl (C=O) groups is 2. The molecule has 1 amide bonds. The summed E-state index contributed by atoms with van der Waals surface area (Å²) in [7, 11) is 0. The maximum Gasteiger partial charge on any atom is 0.312 e. The molecule has 2 fully saturated rings. The van der Waals surface area contributed by atoms with Gasteiger partial charge in [0.2, 0.25) is 5.91 Å². The number of carboxylic acid groups (broad SMARTS) is 1. The Kier molecular flexibility index (Phi) is 3.96. The second-order valence-corrected chi connectivity index (χ2v) is 4.50. The fourth-order valence-corrected chi connectivity index (χ4v) is 2.45. The summed E-state index contributed by atoms with van der Waals surface area (Å²) >= 11 is 0. The van der Waals surface area contributed by atoms with Gasteiger partial charge in [-0.3, -0.25) is 14.5 Å². The second kappa shape index (κ2) is 5.46. The maximum atomic E-state index is 11.6. The van der Waals surface area contributed by atoms with Crippen molar-refractivity contribution in [3.63, 3.8) is 0 Å². The molecule has 17 heavy (non-hydrogen) atoms. The molecule has 0 aromatic heterocycles. The highest BCUT2D eigenvalue weighted by molar-refractivity contribution is 5.93. The normalized spacial score (nSPS) is 26.1. The number of ether oxygens (including phenoxy) is 1. The monoisotopic (exact) mass is 242 g/mol. The van der Waals surface area contributed by atoms with Gasteiger partial charge in [0.1, 0.15) is 6.42 Å². The van der Waals surface area contributed by atoms with E-state index in [1.54, 1.807) is 4.90 Å². The van der Waals surface area contributed by atoms with Crippen LogP contribution in [0.4, 0.5) is 0 Å². The van der Waals surface area contributed by atoms with Crippen LogP contribution < -0.4 is 0 Å². The average molecular weight is 242 g/mol. The highest BCUT2D eigenvalue weighted by Gasteiger charge is 2.31. The molecule has 2 aliphatic rings. The first kappa shape index (κ1) is 12.3. The zero-order valence-corrected chi connectivity index (χ0v) is 9.80. The van der Waals surface area contributed by atoms with E-state index in [9.17, 15) is 9.59 Å². The number of rotatable bonds is 3. The van der Waals surface area contributed by atoms with Crippen molar-refractivity contribution >= 4 is 11.9 Å². The molecule has 1 N–H and O–H groups in total. The van der Waals surface area contributed by atoms with E-state index >= 15 is 0 Å². The fraction of sp³-hybridized carbons (Fsp3) is 0.818. The van der Waals surface area contributed by atoms with E-state index in [1.165, 1.54) is 0 Å². The van der Waals surface area contributed by atoms with Crippen LogP contribution in [0.3, 0.4) is 0 Å². The van der Waals surface area contributed by atoms with Gasteiger partial charge in [-0.15, -0.1) is 0 Å². The summed E-state index contributed by atoms with van der Waals surface area (Å²) in [4.78, 5) is 26.1. The highest BCUT2D eigenvalue weighted by Crippen LogP contribution is 2.17. The van der Waals surface area contributed by atoms with Gasteiger partial charge in [0.25, 0.3) is 0 Å². The second-order valence-electron chi connectivity index (χ2n) is 4.50. The lowest BCUT2D eigenvalue weighted by molar-refractivity contribution is -0.143. The molecule has 2 saturated heterocycles. The quantitative estimate of drug-likeness (QED) is 0.669. The van der Waals surface area contributed by atoms with Crippen molar-refractivity contribution in [3.05, 3.63) is 0 Å². The summed E-state index contributed by atoms with van der Waals surface area (Å²) in [5, 5.41) is 8.58. The van der Waals surface area contributed by atoms with Gasteiger partial charge >= 0.3 is 5.97 Å². The third kappa shape index (κ3) is 3.17. The van der Waals surface area contributed by atoms with Crippen LogP contribution in [-0.2, 0) is 14.3 Å². The number of hydrogen-bond donors (Lipinski definition) is 1. The van der Waals surface area contributed by atoms with Crippen molar-refractivity contribution in [2.75, 3.05) is 39.4 Å². The van der Waals surface area contributed by atoms with Crippen molar-refractivity contribution in [1.29, 1.82) is 0 Å². The summed E-state index contributed by atoms with van der Waals surface area (Å²) in [6.45, 7) is 4.65. The van der Waals surface area contributed by atoms with Gasteiger partial charge in [-0.1, -0.05) is 0 Å². The molecule has 6 heteroatoms. The smallest absolute Gasteiger partial charge is 0.312 e. The zero-order valence-electron chi connectivity index (χ0n) is 9.80. The Morgan fingerprint density at radius 2 is 1.94 bits per heavy atom. The first-order chi connectivity index (χ1) is 8.16. The maximum absolute atomic E-state index is 11.6. The van der Waals surface area contributed by atoms with Gasteiger partial charge in [0.05, 0.1) is 13.2 Å². The lowest BCUT2D eigenvalue weighted by Gasteiger charge is -2.32. The topological polar surface area (TPSA) is 70.1 Å². The lowest BCUT2D eigenvalue weighted by atomic mass is 10.2. The molecular formula is C11H18N2O4. The van der Waals surface area contributed by atoms with E-state index in [0.29, 0.717) is 19.1 Å². The van der Waals surface area contributed by atoms with E-state index in [0.717, 1.165) is 32.7 Å². The molecule has 0 radical (unpaired) electrons. The molecule has 96 valence electrons. The number of hydrogen-bond acceptors (Lipinski definition) is 4. The van der Waals surface area contributed by atoms with E-state index in [1.807, 2.05) is 0 Å². The first-order valence-electron chi connectivity index (χ1n) is 5.98. The molecule has 1 unspecified atom stereocenters. The summed E-state index contributed by atoms with van der Waals surface area (Å²) in [6, 6.07) is 0.372. The van der Waals surface area contributed by atoms with Crippen LogP contribution in [0.2, 0.25) is 0 Å². The summed E-state index contributed by atoms with van der Waals surface area (Å²) in [5.41, 5.74) is 0. The van der Waals surface area contributed by atoms with E-state index in [-0.39, 0.29) is 5.91 Å². The van der Waals surface area contributed by atoms with Gasteiger partial charge in [-0.2, -0.15) is 0 Å². The highest BCUT2D eigenvalue weighted by atomic mass is 16.5. The molecule has 0 spiro atoms. The predicted molar refractivity (Wildman–Crippen MR) is 59.6 cm³/mol. The van der Waals surface area contributed by atoms with Crippen molar-refractivity contribution in [1.82, 2.24) is 9.80 Å². The number of carboxylic acids is 1. The summed E-state index contributed by atoms with van der Waals surface area (Å²) in [6.07, 6.45) is 0.543. The molecule has 2 aliphatic heterocycles. The Morgan fingerprint density at radius 3 is 2.59 bits per heavy atom. The number of nitrogens with zero attached hydrogens (tertiary/aromatic N) is 2. The lowest BCUT2D eigenvalue weighted by Crippen LogP contribution is -2.45. The Bertz CT molecular complexity index is 302. The molecule has 0 aliphatic carbocycles. The van der Waals surface area contributed by atoms with E-state index < -0.39 is 12.4 Å². The van der Waals surface area contributed by atoms with Crippen molar-refractivity contribution in [3.8, 4) is 0 Å². The van der Waals surface area contributed by atoms with Gasteiger partial charge < -0.3 is 14.7 Å².